The van der Waals surface area contributed by atoms with E-state index in [4.69, 9.17) is 0 Å². The van der Waals surface area contributed by atoms with Gasteiger partial charge in [0.05, 0.1) is 8.95 Å². The summed E-state index contributed by atoms with van der Waals surface area (Å²) in [6.45, 7) is 0.788. The van der Waals surface area contributed by atoms with E-state index in [1.807, 2.05) is 0 Å². The van der Waals surface area contributed by atoms with Gasteiger partial charge < -0.3 is 10.4 Å². The molecule has 0 spiro atoms. The minimum absolute atomic E-state index is 0.137. The van der Waals surface area contributed by atoms with Crippen molar-refractivity contribution >= 4 is 31.9 Å². The molecule has 20 heavy (non-hydrogen) atoms. The lowest BCUT2D eigenvalue weighted by Crippen LogP contribution is -2.13. The zero-order chi connectivity index (χ0) is 14.7. The first-order valence-electron chi connectivity index (χ1n) is 5.79. The monoisotopic (exact) mass is 405 g/mol. The second-order valence-corrected chi connectivity index (χ2v) is 5.96. The van der Waals surface area contributed by atoms with Crippen molar-refractivity contribution in [3.63, 3.8) is 0 Å². The van der Waals surface area contributed by atoms with Crippen LogP contribution in [0.1, 0.15) is 11.1 Å². The van der Waals surface area contributed by atoms with Crippen molar-refractivity contribution in [1.82, 2.24) is 5.32 Å². The molecule has 0 bridgehead atoms. The summed E-state index contributed by atoms with van der Waals surface area (Å²) in [6.07, 6.45) is 0. The summed E-state index contributed by atoms with van der Waals surface area (Å²) >= 11 is 6.49. The minimum atomic E-state index is -0.586. The highest BCUT2D eigenvalue weighted by atomic mass is 79.9. The molecule has 6 heteroatoms. The van der Waals surface area contributed by atoms with Gasteiger partial charge in [-0.3, -0.25) is 0 Å². The maximum atomic E-state index is 13.4. The summed E-state index contributed by atoms with van der Waals surface area (Å²) in [5.41, 5.74) is 1.33. The summed E-state index contributed by atoms with van der Waals surface area (Å²) in [4.78, 5) is 0. The van der Waals surface area contributed by atoms with E-state index in [0.29, 0.717) is 27.6 Å². The summed E-state index contributed by atoms with van der Waals surface area (Å²) in [7, 11) is 0. The van der Waals surface area contributed by atoms with Gasteiger partial charge in [0.25, 0.3) is 0 Å². The summed E-state index contributed by atoms with van der Waals surface area (Å²) in [5.74, 6) is -1.01. The Morgan fingerprint density at radius 2 is 1.65 bits per heavy atom. The largest absolute Gasteiger partial charge is 0.506 e. The van der Waals surface area contributed by atoms with Crippen molar-refractivity contribution in [2.45, 2.75) is 13.1 Å². The molecule has 0 radical (unpaired) electrons. The Bertz CT molecular complexity index is 612. The van der Waals surface area contributed by atoms with Crippen LogP contribution in [0.3, 0.4) is 0 Å². The zero-order valence-corrected chi connectivity index (χ0v) is 13.4. The van der Waals surface area contributed by atoms with Crippen LogP contribution in [0.5, 0.6) is 5.75 Å². The van der Waals surface area contributed by atoms with Crippen molar-refractivity contribution in [2.75, 3.05) is 0 Å². The molecule has 0 atom stereocenters. The maximum Gasteiger partial charge on any atom is 0.143 e. The summed E-state index contributed by atoms with van der Waals surface area (Å²) in [6, 6.07) is 7.06. The SMILES string of the molecule is Oc1c(Br)cc(CNCc2ccc(F)cc2F)cc1Br. The Balaban J connectivity index is 1.99. The van der Waals surface area contributed by atoms with Gasteiger partial charge in [0.15, 0.2) is 0 Å². The third kappa shape index (κ3) is 3.77. The fraction of sp³-hybridized carbons (Fsp3) is 0.143. The van der Waals surface area contributed by atoms with Crippen LogP contribution in [0.25, 0.3) is 0 Å². The van der Waals surface area contributed by atoms with Crippen LogP contribution >= 0.6 is 31.9 Å². The van der Waals surface area contributed by atoms with Crippen LogP contribution in [-0.4, -0.2) is 5.11 Å². The van der Waals surface area contributed by atoms with Crippen molar-refractivity contribution in [2.24, 2.45) is 0 Å². The Kier molecular flexibility index (Phi) is 5.12. The first-order chi connectivity index (χ1) is 9.47. The fourth-order valence-corrected chi connectivity index (χ4v) is 3.01. The number of aromatic hydroxyl groups is 1. The van der Waals surface area contributed by atoms with Crippen LogP contribution in [0.15, 0.2) is 39.3 Å². The Labute approximate surface area is 132 Å². The number of rotatable bonds is 4. The average molecular weight is 407 g/mol. The predicted molar refractivity (Wildman–Crippen MR) is 80.4 cm³/mol. The summed E-state index contributed by atoms with van der Waals surface area (Å²) in [5, 5.41) is 12.7. The molecule has 0 aliphatic heterocycles. The molecule has 0 aliphatic carbocycles. The third-order valence-electron chi connectivity index (χ3n) is 2.74. The third-order valence-corrected chi connectivity index (χ3v) is 3.95. The smallest absolute Gasteiger partial charge is 0.143 e. The van der Waals surface area contributed by atoms with E-state index in [1.54, 1.807) is 12.1 Å². The number of phenolic OH excluding ortho intramolecular Hbond substituents is 1. The second kappa shape index (κ2) is 6.65. The van der Waals surface area contributed by atoms with E-state index in [9.17, 15) is 13.9 Å². The van der Waals surface area contributed by atoms with Crippen LogP contribution in [0.4, 0.5) is 8.78 Å². The number of benzene rings is 2. The predicted octanol–water partition coefficient (Wildman–Crippen LogP) is 4.49. The second-order valence-electron chi connectivity index (χ2n) is 4.25. The van der Waals surface area contributed by atoms with Gasteiger partial charge >= 0.3 is 0 Å². The van der Waals surface area contributed by atoms with Crippen molar-refractivity contribution in [1.29, 1.82) is 0 Å². The Morgan fingerprint density at radius 3 is 2.25 bits per heavy atom. The molecular formula is C14H11Br2F2NO. The lowest BCUT2D eigenvalue weighted by atomic mass is 10.2. The Hall–Kier alpha value is -0.980. The van der Waals surface area contributed by atoms with E-state index < -0.39 is 11.6 Å². The highest BCUT2D eigenvalue weighted by molar-refractivity contribution is 9.11. The molecule has 2 aromatic rings. The normalized spacial score (nSPS) is 10.8. The molecule has 0 amide bonds. The average Bonchev–Trinajstić information content (AvgIpc) is 2.38. The van der Waals surface area contributed by atoms with E-state index >= 15 is 0 Å². The minimum Gasteiger partial charge on any atom is -0.506 e. The molecule has 0 saturated carbocycles. The van der Waals surface area contributed by atoms with Gasteiger partial charge in [0.2, 0.25) is 0 Å². The van der Waals surface area contributed by atoms with Gasteiger partial charge in [-0.05, 0) is 55.6 Å². The molecule has 0 fully saturated rings. The van der Waals surface area contributed by atoms with Crippen molar-refractivity contribution in [3.05, 3.63) is 62.0 Å². The van der Waals surface area contributed by atoms with Crippen LogP contribution in [0, 0.1) is 11.6 Å². The van der Waals surface area contributed by atoms with Crippen molar-refractivity contribution in [3.8, 4) is 5.75 Å². The molecule has 2 nitrogen and oxygen atoms in total. The van der Waals surface area contributed by atoms with E-state index in [-0.39, 0.29) is 5.75 Å². The van der Waals surface area contributed by atoms with Gasteiger partial charge in [-0.1, -0.05) is 6.07 Å². The molecule has 2 aromatic carbocycles. The van der Waals surface area contributed by atoms with E-state index in [2.05, 4.69) is 37.2 Å². The van der Waals surface area contributed by atoms with Gasteiger partial charge in [0, 0.05) is 24.7 Å². The lowest BCUT2D eigenvalue weighted by Gasteiger charge is -2.08. The highest BCUT2D eigenvalue weighted by Gasteiger charge is 2.07. The fourth-order valence-electron chi connectivity index (χ4n) is 1.73. The maximum absolute atomic E-state index is 13.4. The molecule has 0 aromatic heterocycles. The number of halogens is 4. The van der Waals surface area contributed by atoms with Gasteiger partial charge in [0.1, 0.15) is 17.4 Å². The molecule has 0 heterocycles. The number of phenols is 1. The van der Waals surface area contributed by atoms with Gasteiger partial charge in [-0.25, -0.2) is 8.78 Å². The van der Waals surface area contributed by atoms with Gasteiger partial charge in [-0.15, -0.1) is 0 Å². The first kappa shape index (κ1) is 15.4. The molecule has 2 N–H and O–H groups in total. The topological polar surface area (TPSA) is 32.3 Å². The van der Waals surface area contributed by atoms with Crippen LogP contribution in [-0.2, 0) is 13.1 Å². The first-order valence-corrected chi connectivity index (χ1v) is 7.37. The molecule has 106 valence electrons. The van der Waals surface area contributed by atoms with Gasteiger partial charge in [-0.2, -0.15) is 0 Å². The highest BCUT2D eigenvalue weighted by Crippen LogP contribution is 2.33. The van der Waals surface area contributed by atoms with Crippen LogP contribution in [0.2, 0.25) is 0 Å². The number of nitrogens with one attached hydrogen (secondary N) is 1. The molecule has 0 aliphatic rings. The zero-order valence-electron chi connectivity index (χ0n) is 10.3. The van der Waals surface area contributed by atoms with E-state index in [1.165, 1.54) is 12.1 Å². The molecule has 0 saturated heterocycles. The van der Waals surface area contributed by atoms with E-state index in [0.717, 1.165) is 11.6 Å². The summed E-state index contributed by atoms with van der Waals surface area (Å²) < 4.78 is 27.4. The number of hydrogen-bond acceptors (Lipinski definition) is 2. The molecule has 0 unspecified atom stereocenters. The van der Waals surface area contributed by atoms with Crippen LogP contribution < -0.4 is 5.32 Å². The number of hydrogen-bond donors (Lipinski definition) is 2. The molecular weight excluding hydrogens is 396 g/mol. The van der Waals surface area contributed by atoms with Crippen molar-refractivity contribution < 1.29 is 13.9 Å². The Morgan fingerprint density at radius 1 is 1.00 bits per heavy atom. The standard InChI is InChI=1S/C14H11Br2F2NO/c15-11-3-8(4-12(16)14(11)20)6-19-7-9-1-2-10(17)5-13(9)18/h1-5,19-20H,6-7H2. The molecule has 2 rings (SSSR count). The lowest BCUT2D eigenvalue weighted by molar-refractivity contribution is 0.468. The quantitative estimate of drug-likeness (QED) is 0.784.